The molecular weight excluding hydrogens is 554 g/mol. The molecule has 1 aromatic heterocycles. The molecule has 12 heteroatoms. The number of hydrogen-bond donors (Lipinski definition) is 2. The zero-order valence-corrected chi connectivity index (χ0v) is 25.4. The fraction of sp³-hybridized carbons (Fsp3) is 0.484. The van der Waals surface area contributed by atoms with Crippen LogP contribution in [0, 0.1) is 0 Å². The lowest BCUT2D eigenvalue weighted by molar-refractivity contribution is -0.155. The van der Waals surface area contributed by atoms with E-state index in [9.17, 15) is 24.3 Å². The predicted octanol–water partition coefficient (Wildman–Crippen LogP) is 3.06. The van der Waals surface area contributed by atoms with Gasteiger partial charge < -0.3 is 29.7 Å². The number of aliphatic hydroxyl groups is 1. The second kappa shape index (κ2) is 15.2. The highest BCUT2D eigenvalue weighted by atomic mass is 16.6. The van der Waals surface area contributed by atoms with Crippen LogP contribution in [-0.4, -0.2) is 99.3 Å². The van der Waals surface area contributed by atoms with E-state index in [1.54, 1.807) is 45.6 Å². The molecule has 43 heavy (non-hydrogen) atoms. The van der Waals surface area contributed by atoms with Crippen LogP contribution in [0.2, 0.25) is 0 Å². The third kappa shape index (κ3) is 10.5. The predicted molar refractivity (Wildman–Crippen MR) is 160 cm³/mol. The number of ether oxygens (including phenoxy) is 2. The molecule has 232 valence electrons. The highest BCUT2D eigenvalue weighted by Crippen LogP contribution is 2.18. The van der Waals surface area contributed by atoms with Crippen LogP contribution < -0.4 is 5.32 Å². The maximum Gasteiger partial charge on any atom is 0.409 e. The summed E-state index contributed by atoms with van der Waals surface area (Å²) in [5, 5.41) is 12.5. The summed E-state index contributed by atoms with van der Waals surface area (Å²) in [5.74, 6) is -1.21. The SMILES string of the molecule is CCOC(=O)N1CCN(C(=O)C(CCC(=O)OC(C)(C)C)NC(=O)c2cc(/C=C\[C@H](C)O)nc(-c3ccccc3)n2)CC1. The normalized spacial score (nSPS) is 15.1. The quantitative estimate of drug-likeness (QED) is 0.395. The smallest absolute Gasteiger partial charge is 0.409 e. The van der Waals surface area contributed by atoms with E-state index in [2.05, 4.69) is 15.3 Å². The summed E-state index contributed by atoms with van der Waals surface area (Å²) in [6.45, 7) is 9.88. The fourth-order valence-electron chi connectivity index (χ4n) is 4.31. The maximum absolute atomic E-state index is 13.7. The number of aromatic nitrogens is 2. The lowest BCUT2D eigenvalue weighted by Crippen LogP contribution is -2.56. The molecule has 1 aliphatic heterocycles. The molecule has 1 fully saturated rings. The molecule has 0 radical (unpaired) electrons. The summed E-state index contributed by atoms with van der Waals surface area (Å²) in [7, 11) is 0. The molecule has 2 N–H and O–H groups in total. The van der Waals surface area contributed by atoms with Crippen molar-refractivity contribution in [2.24, 2.45) is 0 Å². The van der Waals surface area contributed by atoms with Gasteiger partial charge >= 0.3 is 12.1 Å². The third-order valence-corrected chi connectivity index (χ3v) is 6.33. The number of benzene rings is 1. The minimum absolute atomic E-state index is 0.00297. The molecule has 3 rings (SSSR count). The topological polar surface area (TPSA) is 151 Å². The zero-order chi connectivity index (χ0) is 31.6. The van der Waals surface area contributed by atoms with Gasteiger partial charge in [-0.05, 0) is 53.2 Å². The fourth-order valence-corrected chi connectivity index (χ4v) is 4.31. The van der Waals surface area contributed by atoms with E-state index in [1.165, 1.54) is 17.0 Å². The lowest BCUT2D eigenvalue weighted by atomic mass is 10.1. The van der Waals surface area contributed by atoms with Crippen molar-refractivity contribution in [1.82, 2.24) is 25.1 Å². The maximum atomic E-state index is 13.7. The summed E-state index contributed by atoms with van der Waals surface area (Å²) in [4.78, 5) is 63.9. The van der Waals surface area contributed by atoms with Gasteiger partial charge in [-0.15, -0.1) is 0 Å². The largest absolute Gasteiger partial charge is 0.460 e. The molecule has 1 saturated heterocycles. The number of amides is 3. The lowest BCUT2D eigenvalue weighted by Gasteiger charge is -2.36. The number of carbonyl (C=O) groups excluding carboxylic acids is 4. The van der Waals surface area contributed by atoms with Crippen LogP contribution in [0.4, 0.5) is 4.79 Å². The Bertz CT molecular complexity index is 1300. The number of rotatable bonds is 10. The molecule has 1 unspecified atom stereocenters. The Morgan fingerprint density at radius 2 is 1.70 bits per heavy atom. The highest BCUT2D eigenvalue weighted by Gasteiger charge is 2.32. The van der Waals surface area contributed by atoms with E-state index in [4.69, 9.17) is 9.47 Å². The van der Waals surface area contributed by atoms with Gasteiger partial charge in [0.1, 0.15) is 17.3 Å². The standard InChI is InChI=1S/C31H41N5O7/c1-6-42-30(41)36-18-16-35(17-19-36)29(40)24(14-15-26(38)43-31(3,4)5)34-28(39)25-20-23(13-12-21(2)37)32-27(33-25)22-10-8-7-9-11-22/h7-13,20-21,24,37H,6,14-19H2,1-5H3,(H,34,39)/b13-12-/t21-,24?/m0/s1. The van der Waals surface area contributed by atoms with Crippen molar-refractivity contribution in [2.45, 2.75) is 65.2 Å². The van der Waals surface area contributed by atoms with Gasteiger partial charge in [-0.2, -0.15) is 0 Å². The molecule has 2 aromatic rings. The third-order valence-electron chi connectivity index (χ3n) is 6.33. The first-order valence-electron chi connectivity index (χ1n) is 14.4. The molecule has 1 aromatic carbocycles. The average molecular weight is 596 g/mol. The monoisotopic (exact) mass is 595 g/mol. The molecule has 12 nitrogen and oxygen atoms in total. The Balaban J connectivity index is 1.85. The van der Waals surface area contributed by atoms with Crippen LogP contribution in [-0.2, 0) is 19.1 Å². The second-order valence-corrected chi connectivity index (χ2v) is 11.1. The first kappa shape index (κ1) is 33.2. The Hall–Kier alpha value is -4.32. The molecule has 0 aliphatic carbocycles. The van der Waals surface area contributed by atoms with E-state index in [1.807, 2.05) is 30.3 Å². The van der Waals surface area contributed by atoms with Crippen molar-refractivity contribution in [1.29, 1.82) is 0 Å². The van der Waals surface area contributed by atoms with Crippen LogP contribution in [0.3, 0.4) is 0 Å². The minimum Gasteiger partial charge on any atom is -0.460 e. The van der Waals surface area contributed by atoms with Crippen LogP contribution in [0.1, 0.15) is 63.6 Å². The van der Waals surface area contributed by atoms with Crippen molar-refractivity contribution < 1.29 is 33.8 Å². The van der Waals surface area contributed by atoms with E-state index in [0.717, 1.165) is 0 Å². The first-order valence-corrected chi connectivity index (χ1v) is 14.4. The number of hydrogen-bond acceptors (Lipinski definition) is 9. The molecule has 1 aliphatic rings. The summed E-state index contributed by atoms with van der Waals surface area (Å²) in [5.41, 5.74) is 0.391. The number of aliphatic hydroxyl groups excluding tert-OH is 1. The number of carbonyl (C=O) groups is 4. The van der Waals surface area contributed by atoms with Crippen LogP contribution in [0.15, 0.2) is 42.5 Å². The van der Waals surface area contributed by atoms with Gasteiger partial charge in [0.05, 0.1) is 18.4 Å². The molecular formula is C31H41N5O7. The van der Waals surface area contributed by atoms with Gasteiger partial charge in [-0.3, -0.25) is 14.4 Å². The van der Waals surface area contributed by atoms with Gasteiger partial charge in [0, 0.05) is 38.2 Å². The van der Waals surface area contributed by atoms with Gasteiger partial charge in [0.15, 0.2) is 5.82 Å². The Morgan fingerprint density at radius 1 is 1.05 bits per heavy atom. The van der Waals surface area contributed by atoms with Crippen LogP contribution in [0.25, 0.3) is 17.5 Å². The number of nitrogens with one attached hydrogen (secondary N) is 1. The van der Waals surface area contributed by atoms with E-state index in [-0.39, 0.29) is 57.2 Å². The average Bonchev–Trinajstić information content (AvgIpc) is 2.97. The molecule has 2 heterocycles. The van der Waals surface area contributed by atoms with Crippen molar-refractivity contribution in [3.8, 4) is 11.4 Å². The van der Waals surface area contributed by atoms with Crippen molar-refractivity contribution in [3.63, 3.8) is 0 Å². The van der Waals surface area contributed by atoms with Crippen LogP contribution >= 0.6 is 0 Å². The second-order valence-electron chi connectivity index (χ2n) is 11.1. The zero-order valence-electron chi connectivity index (χ0n) is 25.4. The summed E-state index contributed by atoms with van der Waals surface area (Å²) in [6, 6.07) is 9.52. The minimum atomic E-state index is -1.05. The van der Waals surface area contributed by atoms with E-state index < -0.39 is 35.7 Å². The molecule has 0 bridgehead atoms. The van der Waals surface area contributed by atoms with Crippen molar-refractivity contribution >= 4 is 30.0 Å². The summed E-state index contributed by atoms with van der Waals surface area (Å²) >= 11 is 0. The Labute approximate surface area is 252 Å². The number of piperazine rings is 1. The molecule has 0 saturated carbocycles. The Kier molecular flexibility index (Phi) is 11.8. The van der Waals surface area contributed by atoms with Gasteiger partial charge in [-0.1, -0.05) is 36.4 Å². The first-order chi connectivity index (χ1) is 20.4. The summed E-state index contributed by atoms with van der Waals surface area (Å²) in [6.07, 6.45) is 1.85. The van der Waals surface area contributed by atoms with E-state index in [0.29, 0.717) is 17.1 Å². The highest BCUT2D eigenvalue weighted by molar-refractivity contribution is 5.97. The number of esters is 1. The van der Waals surface area contributed by atoms with Gasteiger partial charge in [0.2, 0.25) is 5.91 Å². The molecule has 0 spiro atoms. The summed E-state index contributed by atoms with van der Waals surface area (Å²) < 4.78 is 10.5. The van der Waals surface area contributed by atoms with Crippen LogP contribution in [0.5, 0.6) is 0 Å². The van der Waals surface area contributed by atoms with Crippen molar-refractivity contribution in [3.05, 3.63) is 53.9 Å². The van der Waals surface area contributed by atoms with E-state index >= 15 is 0 Å². The molecule has 3 amide bonds. The van der Waals surface area contributed by atoms with Gasteiger partial charge in [0.25, 0.3) is 5.91 Å². The Morgan fingerprint density at radius 3 is 2.30 bits per heavy atom. The van der Waals surface area contributed by atoms with Crippen molar-refractivity contribution in [2.75, 3.05) is 32.8 Å². The number of nitrogens with zero attached hydrogens (tertiary/aromatic N) is 4. The van der Waals surface area contributed by atoms with Gasteiger partial charge in [-0.25, -0.2) is 14.8 Å². The molecule has 2 atom stereocenters.